The number of hydrogen-bond donors (Lipinski definition) is 2. The first-order chi connectivity index (χ1) is 9.19. The number of aryl methyl sites for hydroxylation is 1. The van der Waals surface area contributed by atoms with Crippen molar-refractivity contribution in [1.82, 2.24) is 5.32 Å². The van der Waals surface area contributed by atoms with Crippen molar-refractivity contribution in [2.75, 3.05) is 13.2 Å². The molecule has 102 valence electrons. The van der Waals surface area contributed by atoms with Gasteiger partial charge in [-0.25, -0.2) is 0 Å². The first kappa shape index (κ1) is 15.3. The number of unbranched alkanes of at least 4 members (excludes halogenated alkanes) is 1. The van der Waals surface area contributed by atoms with E-state index >= 15 is 0 Å². The molecule has 2 N–H and O–H groups in total. The maximum absolute atomic E-state index is 12.1. The van der Waals surface area contributed by atoms with Gasteiger partial charge in [-0.15, -0.1) is 0 Å². The van der Waals surface area contributed by atoms with E-state index in [1.165, 1.54) is 0 Å². The third-order valence-electron chi connectivity index (χ3n) is 2.70. The van der Waals surface area contributed by atoms with Crippen LogP contribution >= 0.6 is 0 Å². The van der Waals surface area contributed by atoms with Crippen molar-refractivity contribution in [3.05, 3.63) is 34.9 Å². The van der Waals surface area contributed by atoms with Crippen LogP contribution in [0.4, 0.5) is 0 Å². The monoisotopic (exact) mass is 259 g/mol. The van der Waals surface area contributed by atoms with E-state index in [1.807, 2.05) is 25.1 Å². The minimum atomic E-state index is -0.0783. The largest absolute Gasteiger partial charge is 0.395 e. The number of carbonyl (C=O) groups excluding carboxylic acids is 1. The Labute approximate surface area is 115 Å². The minimum Gasteiger partial charge on any atom is -0.395 e. The minimum absolute atomic E-state index is 0.0386. The first-order valence-corrected chi connectivity index (χ1v) is 6.67. The van der Waals surface area contributed by atoms with Crippen LogP contribution in [0.25, 0.3) is 0 Å². The molecular weight excluding hydrogens is 238 g/mol. The van der Waals surface area contributed by atoms with Gasteiger partial charge >= 0.3 is 0 Å². The molecule has 1 rings (SSSR count). The molecule has 1 aromatic rings. The number of aliphatic hydroxyl groups excluding tert-OH is 1. The molecule has 3 heteroatoms. The number of rotatable bonds is 5. The molecule has 0 saturated heterocycles. The predicted molar refractivity (Wildman–Crippen MR) is 77.0 cm³/mol. The molecule has 1 amide bonds. The van der Waals surface area contributed by atoms with Crippen molar-refractivity contribution in [2.24, 2.45) is 0 Å². The summed E-state index contributed by atoms with van der Waals surface area (Å²) in [5.41, 5.74) is 2.36. The van der Waals surface area contributed by atoms with E-state index in [-0.39, 0.29) is 12.5 Å². The van der Waals surface area contributed by atoms with Gasteiger partial charge in [0.25, 0.3) is 5.91 Å². The summed E-state index contributed by atoms with van der Waals surface area (Å²) in [6.07, 6.45) is 2.45. The molecule has 0 saturated carbocycles. The molecule has 0 bridgehead atoms. The molecule has 0 fully saturated rings. The smallest absolute Gasteiger partial charge is 0.252 e. The number of aliphatic hydroxyl groups is 1. The van der Waals surface area contributed by atoms with Gasteiger partial charge in [-0.2, -0.15) is 0 Å². The van der Waals surface area contributed by atoms with E-state index in [2.05, 4.69) is 24.1 Å². The summed E-state index contributed by atoms with van der Waals surface area (Å²) in [6.45, 7) is 4.77. The van der Waals surface area contributed by atoms with E-state index in [0.29, 0.717) is 24.1 Å². The quantitative estimate of drug-likeness (QED) is 0.629. The second-order valence-corrected chi connectivity index (χ2v) is 4.43. The summed E-state index contributed by atoms with van der Waals surface area (Å²) < 4.78 is 0. The Morgan fingerprint density at radius 1 is 1.42 bits per heavy atom. The molecule has 0 unspecified atom stereocenters. The van der Waals surface area contributed by atoms with E-state index in [1.54, 1.807) is 0 Å². The van der Waals surface area contributed by atoms with Crippen molar-refractivity contribution < 1.29 is 9.90 Å². The normalized spacial score (nSPS) is 9.63. The number of carbonyl (C=O) groups is 1. The van der Waals surface area contributed by atoms with E-state index in [9.17, 15) is 4.79 Å². The number of benzene rings is 1. The molecule has 0 aliphatic carbocycles. The second-order valence-electron chi connectivity index (χ2n) is 4.43. The average molecular weight is 259 g/mol. The number of nitrogens with one attached hydrogen (secondary N) is 1. The second kappa shape index (κ2) is 8.34. The topological polar surface area (TPSA) is 49.3 Å². The zero-order valence-electron chi connectivity index (χ0n) is 11.6. The molecule has 0 aliphatic rings. The lowest BCUT2D eigenvalue weighted by Gasteiger charge is -2.07. The van der Waals surface area contributed by atoms with Gasteiger partial charge in [-0.1, -0.05) is 36.8 Å². The number of amides is 1. The molecule has 3 nitrogen and oxygen atoms in total. The van der Waals surface area contributed by atoms with Crippen LogP contribution in [-0.4, -0.2) is 24.2 Å². The molecule has 1 aromatic carbocycles. The molecular formula is C16H21NO2. The van der Waals surface area contributed by atoms with Gasteiger partial charge in [0, 0.05) is 18.5 Å². The fourth-order valence-electron chi connectivity index (χ4n) is 1.64. The van der Waals surface area contributed by atoms with Gasteiger partial charge in [0.05, 0.1) is 12.2 Å². The van der Waals surface area contributed by atoms with Crippen LogP contribution in [0, 0.1) is 18.8 Å². The van der Waals surface area contributed by atoms with Crippen LogP contribution in [-0.2, 0) is 0 Å². The van der Waals surface area contributed by atoms with Gasteiger partial charge in [0.1, 0.15) is 0 Å². The molecule has 0 aliphatic heterocycles. The highest BCUT2D eigenvalue weighted by Crippen LogP contribution is 2.11. The summed E-state index contributed by atoms with van der Waals surface area (Å²) in [4.78, 5) is 12.1. The fourth-order valence-corrected chi connectivity index (χ4v) is 1.64. The van der Waals surface area contributed by atoms with Gasteiger partial charge in [0.15, 0.2) is 0 Å². The summed E-state index contributed by atoms with van der Waals surface area (Å²) in [7, 11) is 0. The van der Waals surface area contributed by atoms with Crippen molar-refractivity contribution in [1.29, 1.82) is 0 Å². The fraction of sp³-hybridized carbons (Fsp3) is 0.438. The van der Waals surface area contributed by atoms with Crippen LogP contribution in [0.1, 0.15) is 47.7 Å². The Morgan fingerprint density at radius 2 is 2.21 bits per heavy atom. The molecule has 0 atom stereocenters. The first-order valence-electron chi connectivity index (χ1n) is 6.67. The van der Waals surface area contributed by atoms with Gasteiger partial charge in [-0.05, 0) is 25.5 Å². The van der Waals surface area contributed by atoms with Crippen molar-refractivity contribution in [2.45, 2.75) is 33.1 Å². The van der Waals surface area contributed by atoms with Gasteiger partial charge in [0.2, 0.25) is 0 Å². The molecule has 0 spiro atoms. The lowest BCUT2D eigenvalue weighted by atomic mass is 10.0. The molecule has 19 heavy (non-hydrogen) atoms. The Balaban J connectivity index is 2.88. The third-order valence-corrected chi connectivity index (χ3v) is 2.70. The summed E-state index contributed by atoms with van der Waals surface area (Å²) in [6, 6.07) is 5.64. The lowest BCUT2D eigenvalue weighted by Crippen LogP contribution is -2.25. The van der Waals surface area contributed by atoms with Crippen molar-refractivity contribution in [3.8, 4) is 11.8 Å². The SMILES string of the molecule is CCCCNC(=O)c1cc(C)ccc1C#CCCO. The zero-order valence-corrected chi connectivity index (χ0v) is 11.6. The Bertz CT molecular complexity index is 483. The molecule has 0 radical (unpaired) electrons. The standard InChI is InChI=1S/C16H21NO2/c1-3-4-10-17-16(19)15-12-13(2)8-9-14(15)7-5-6-11-18/h8-9,12,18H,3-4,6,10-11H2,1-2H3,(H,17,19). The Hall–Kier alpha value is -1.79. The highest BCUT2D eigenvalue weighted by Gasteiger charge is 2.09. The van der Waals surface area contributed by atoms with Crippen LogP contribution < -0.4 is 5.32 Å². The highest BCUT2D eigenvalue weighted by atomic mass is 16.2. The van der Waals surface area contributed by atoms with Crippen LogP contribution in [0.2, 0.25) is 0 Å². The summed E-state index contributed by atoms with van der Waals surface area (Å²) in [5, 5.41) is 11.6. The van der Waals surface area contributed by atoms with Crippen LogP contribution in [0.5, 0.6) is 0 Å². The average Bonchev–Trinajstić information content (AvgIpc) is 2.40. The highest BCUT2D eigenvalue weighted by molar-refractivity contribution is 5.96. The Morgan fingerprint density at radius 3 is 2.89 bits per heavy atom. The maximum atomic E-state index is 12.1. The van der Waals surface area contributed by atoms with Gasteiger partial charge < -0.3 is 10.4 Å². The zero-order chi connectivity index (χ0) is 14.1. The van der Waals surface area contributed by atoms with Crippen LogP contribution in [0.3, 0.4) is 0 Å². The summed E-state index contributed by atoms with van der Waals surface area (Å²) >= 11 is 0. The molecule has 0 heterocycles. The lowest BCUT2D eigenvalue weighted by molar-refractivity contribution is 0.0953. The number of hydrogen-bond acceptors (Lipinski definition) is 2. The van der Waals surface area contributed by atoms with Crippen molar-refractivity contribution in [3.63, 3.8) is 0 Å². The van der Waals surface area contributed by atoms with E-state index < -0.39 is 0 Å². The third kappa shape index (κ3) is 5.15. The summed E-state index contributed by atoms with van der Waals surface area (Å²) in [5.74, 6) is 5.72. The van der Waals surface area contributed by atoms with Crippen molar-refractivity contribution >= 4 is 5.91 Å². The Kier molecular flexibility index (Phi) is 6.70. The maximum Gasteiger partial charge on any atom is 0.252 e. The van der Waals surface area contributed by atoms with E-state index in [0.717, 1.165) is 18.4 Å². The molecule has 0 aromatic heterocycles. The van der Waals surface area contributed by atoms with Crippen LogP contribution in [0.15, 0.2) is 18.2 Å². The van der Waals surface area contributed by atoms with Gasteiger partial charge in [-0.3, -0.25) is 4.79 Å². The predicted octanol–water partition coefficient (Wildman–Crippen LogP) is 2.26. The van der Waals surface area contributed by atoms with E-state index in [4.69, 9.17) is 5.11 Å².